The van der Waals surface area contributed by atoms with E-state index in [1.165, 1.54) is 10.4 Å². The van der Waals surface area contributed by atoms with Gasteiger partial charge in [0.25, 0.3) is 5.91 Å². The monoisotopic (exact) mass is 451 g/mol. The van der Waals surface area contributed by atoms with Crippen LogP contribution in [0.3, 0.4) is 0 Å². The number of benzene rings is 2. The third-order valence-corrected chi connectivity index (χ3v) is 7.30. The number of hydrogen-bond donors (Lipinski definition) is 1. The number of morpholine rings is 1. The molecule has 0 bridgehead atoms. The van der Waals surface area contributed by atoms with Crippen molar-refractivity contribution in [2.75, 3.05) is 49.6 Å². The minimum atomic E-state index is -3.89. The molecule has 2 aromatic rings. The molecule has 1 N–H and O–H groups in total. The van der Waals surface area contributed by atoms with Gasteiger partial charge in [0, 0.05) is 37.6 Å². The van der Waals surface area contributed by atoms with Crippen molar-refractivity contribution in [1.29, 1.82) is 0 Å². The molecule has 0 aromatic heterocycles. The van der Waals surface area contributed by atoms with Gasteiger partial charge in [-0.25, -0.2) is 17.2 Å². The van der Waals surface area contributed by atoms with Crippen molar-refractivity contribution in [1.82, 2.24) is 4.31 Å². The van der Waals surface area contributed by atoms with E-state index in [2.05, 4.69) is 5.32 Å². The van der Waals surface area contributed by atoms with E-state index in [9.17, 15) is 22.0 Å². The Labute approximate surface area is 179 Å². The van der Waals surface area contributed by atoms with Crippen LogP contribution in [-0.4, -0.2) is 58.0 Å². The third kappa shape index (κ3) is 4.70. The molecule has 10 heteroatoms. The van der Waals surface area contributed by atoms with Crippen LogP contribution < -0.4 is 10.2 Å². The molecule has 2 aliphatic heterocycles. The van der Waals surface area contributed by atoms with Crippen molar-refractivity contribution in [3.8, 4) is 0 Å². The summed E-state index contributed by atoms with van der Waals surface area (Å²) in [6.07, 6.45) is 2.02. The van der Waals surface area contributed by atoms with E-state index in [1.54, 1.807) is 6.07 Å². The van der Waals surface area contributed by atoms with Gasteiger partial charge in [-0.1, -0.05) is 0 Å². The topological polar surface area (TPSA) is 79.0 Å². The molecule has 1 amide bonds. The molecule has 0 radical (unpaired) electrons. The Morgan fingerprint density at radius 3 is 2.39 bits per heavy atom. The predicted octanol–water partition coefficient (Wildman–Crippen LogP) is 2.84. The molecule has 31 heavy (non-hydrogen) atoms. The number of amides is 1. The molecule has 2 saturated heterocycles. The Morgan fingerprint density at radius 1 is 0.968 bits per heavy atom. The van der Waals surface area contributed by atoms with E-state index in [0.29, 0.717) is 5.69 Å². The molecule has 7 nitrogen and oxygen atoms in total. The Hall–Kier alpha value is -2.56. The van der Waals surface area contributed by atoms with Crippen molar-refractivity contribution in [3.05, 3.63) is 53.6 Å². The summed E-state index contributed by atoms with van der Waals surface area (Å²) in [6, 6.07) is 7.24. The Balaban J connectivity index is 1.58. The van der Waals surface area contributed by atoms with Crippen LogP contribution in [0.15, 0.2) is 41.3 Å². The van der Waals surface area contributed by atoms with Gasteiger partial charge in [0.05, 0.1) is 23.7 Å². The number of ether oxygens (including phenoxy) is 1. The summed E-state index contributed by atoms with van der Waals surface area (Å²) in [4.78, 5) is 14.5. The van der Waals surface area contributed by atoms with Crippen LogP contribution >= 0.6 is 0 Å². The number of nitrogens with zero attached hydrogens (tertiary/aromatic N) is 2. The number of halogens is 2. The van der Waals surface area contributed by atoms with Crippen molar-refractivity contribution < 1.29 is 26.7 Å². The fraction of sp³-hybridized carbons (Fsp3) is 0.381. The number of carbonyl (C=O) groups is 1. The number of rotatable bonds is 5. The van der Waals surface area contributed by atoms with Crippen LogP contribution in [0.25, 0.3) is 0 Å². The SMILES string of the molecule is O=C(Nc1cc(F)cc(N2CCCC2)c1)c1cc(S(=O)(=O)N2CCOCC2)ccc1F. The zero-order valence-electron chi connectivity index (χ0n) is 16.8. The summed E-state index contributed by atoms with van der Waals surface area (Å²) < 4.78 is 60.5. The first-order valence-corrected chi connectivity index (χ1v) is 11.5. The van der Waals surface area contributed by atoms with Gasteiger partial charge in [0.1, 0.15) is 11.6 Å². The smallest absolute Gasteiger partial charge is 0.258 e. The number of carbonyl (C=O) groups excluding carboxylic acids is 1. The molecule has 4 rings (SSSR count). The lowest BCUT2D eigenvalue weighted by Gasteiger charge is -2.26. The van der Waals surface area contributed by atoms with Crippen LogP contribution in [0.2, 0.25) is 0 Å². The van der Waals surface area contributed by atoms with Crippen molar-refractivity contribution in [3.63, 3.8) is 0 Å². The summed E-state index contributed by atoms with van der Waals surface area (Å²) in [7, 11) is -3.89. The lowest BCUT2D eigenvalue weighted by Crippen LogP contribution is -2.40. The van der Waals surface area contributed by atoms with Crippen LogP contribution in [0, 0.1) is 11.6 Å². The lowest BCUT2D eigenvalue weighted by atomic mass is 10.2. The quantitative estimate of drug-likeness (QED) is 0.757. The van der Waals surface area contributed by atoms with E-state index in [1.807, 2.05) is 4.90 Å². The first-order valence-electron chi connectivity index (χ1n) is 10.1. The van der Waals surface area contributed by atoms with Gasteiger partial charge in [-0.05, 0) is 49.2 Å². The summed E-state index contributed by atoms with van der Waals surface area (Å²) in [5, 5.41) is 2.49. The van der Waals surface area contributed by atoms with Gasteiger partial charge in [-0.2, -0.15) is 4.31 Å². The fourth-order valence-corrected chi connectivity index (χ4v) is 5.21. The Morgan fingerprint density at radius 2 is 1.68 bits per heavy atom. The molecule has 0 spiro atoms. The molecular weight excluding hydrogens is 428 g/mol. The number of nitrogens with one attached hydrogen (secondary N) is 1. The molecule has 0 aliphatic carbocycles. The number of hydrogen-bond acceptors (Lipinski definition) is 5. The molecule has 0 saturated carbocycles. The van der Waals surface area contributed by atoms with Gasteiger partial charge in [-0.3, -0.25) is 4.79 Å². The molecule has 0 unspecified atom stereocenters. The highest BCUT2D eigenvalue weighted by Gasteiger charge is 2.28. The molecule has 166 valence electrons. The highest BCUT2D eigenvalue weighted by atomic mass is 32.2. The van der Waals surface area contributed by atoms with Crippen molar-refractivity contribution in [2.24, 2.45) is 0 Å². The van der Waals surface area contributed by atoms with Crippen molar-refractivity contribution >= 4 is 27.3 Å². The fourth-order valence-electron chi connectivity index (χ4n) is 3.78. The minimum absolute atomic E-state index is 0.174. The molecule has 2 aromatic carbocycles. The molecule has 2 heterocycles. The largest absolute Gasteiger partial charge is 0.379 e. The van der Waals surface area contributed by atoms with E-state index in [4.69, 9.17) is 4.74 Å². The van der Waals surface area contributed by atoms with Gasteiger partial charge < -0.3 is 15.0 Å². The second kappa shape index (κ2) is 8.89. The summed E-state index contributed by atoms with van der Waals surface area (Å²) in [5.74, 6) is -2.24. The average Bonchev–Trinajstić information content (AvgIpc) is 3.29. The van der Waals surface area contributed by atoms with Crippen LogP contribution in [0.5, 0.6) is 0 Å². The van der Waals surface area contributed by atoms with E-state index in [0.717, 1.165) is 50.2 Å². The predicted molar refractivity (Wildman–Crippen MR) is 112 cm³/mol. The summed E-state index contributed by atoms with van der Waals surface area (Å²) in [5.41, 5.74) is 0.381. The molecule has 2 aliphatic rings. The highest BCUT2D eigenvalue weighted by Crippen LogP contribution is 2.26. The standard InChI is InChI=1S/C21H23F2N3O4S/c22-15-11-16(13-17(12-15)25-5-1-2-6-25)24-21(27)19-14-18(3-4-20(19)23)31(28,29)26-7-9-30-10-8-26/h3-4,11-14H,1-2,5-10H2,(H,24,27). The van der Waals surface area contributed by atoms with Crippen molar-refractivity contribution in [2.45, 2.75) is 17.7 Å². The summed E-state index contributed by atoms with van der Waals surface area (Å²) in [6.45, 7) is 2.51. The maximum absolute atomic E-state index is 14.4. The second-order valence-electron chi connectivity index (χ2n) is 7.50. The maximum Gasteiger partial charge on any atom is 0.258 e. The van der Waals surface area contributed by atoms with Crippen LogP contribution in [0.4, 0.5) is 20.2 Å². The van der Waals surface area contributed by atoms with Gasteiger partial charge in [0.2, 0.25) is 10.0 Å². The summed E-state index contributed by atoms with van der Waals surface area (Å²) >= 11 is 0. The van der Waals surface area contributed by atoms with Gasteiger partial charge in [0.15, 0.2) is 0 Å². The van der Waals surface area contributed by atoms with Crippen LogP contribution in [-0.2, 0) is 14.8 Å². The molecular formula is C21H23F2N3O4S. The molecule has 2 fully saturated rings. The average molecular weight is 451 g/mol. The van der Waals surface area contributed by atoms with E-state index >= 15 is 0 Å². The lowest BCUT2D eigenvalue weighted by molar-refractivity contribution is 0.0730. The zero-order valence-corrected chi connectivity index (χ0v) is 17.6. The zero-order chi connectivity index (χ0) is 22.0. The van der Waals surface area contributed by atoms with Crippen LogP contribution in [0.1, 0.15) is 23.2 Å². The Bertz CT molecular complexity index is 1080. The first-order chi connectivity index (χ1) is 14.8. The number of sulfonamides is 1. The van der Waals surface area contributed by atoms with Gasteiger partial charge in [-0.15, -0.1) is 0 Å². The van der Waals surface area contributed by atoms with E-state index in [-0.39, 0.29) is 36.9 Å². The Kier molecular flexibility index (Phi) is 6.22. The third-order valence-electron chi connectivity index (χ3n) is 5.40. The minimum Gasteiger partial charge on any atom is -0.379 e. The van der Waals surface area contributed by atoms with Gasteiger partial charge >= 0.3 is 0 Å². The maximum atomic E-state index is 14.4. The highest BCUT2D eigenvalue weighted by molar-refractivity contribution is 7.89. The molecule has 0 atom stereocenters. The number of anilines is 2. The second-order valence-corrected chi connectivity index (χ2v) is 9.44. The van der Waals surface area contributed by atoms with E-state index < -0.39 is 33.1 Å². The first kappa shape index (κ1) is 21.7. The normalized spacial score (nSPS) is 17.7.